The van der Waals surface area contributed by atoms with Gasteiger partial charge in [-0.3, -0.25) is 4.84 Å². The predicted molar refractivity (Wildman–Crippen MR) is 60.2 cm³/mol. The van der Waals surface area contributed by atoms with E-state index in [4.69, 9.17) is 0 Å². The molecule has 10 heteroatoms. The van der Waals surface area contributed by atoms with E-state index in [9.17, 15) is 18.0 Å². The highest BCUT2D eigenvalue weighted by molar-refractivity contribution is 8.29. The summed E-state index contributed by atoms with van der Waals surface area (Å²) in [7, 11) is 0.969. The molecule has 0 saturated carbocycles. The number of rotatable bonds is 2. The average Bonchev–Trinajstić information content (AvgIpc) is 2.63. The van der Waals surface area contributed by atoms with Crippen molar-refractivity contribution in [1.82, 2.24) is 4.31 Å². The van der Waals surface area contributed by atoms with Gasteiger partial charge in [-0.25, -0.2) is 9.10 Å². The molecule has 1 aliphatic heterocycles. The molecule has 1 saturated heterocycles. The molecule has 0 bridgehead atoms. The van der Waals surface area contributed by atoms with Crippen LogP contribution in [0.3, 0.4) is 0 Å². The van der Waals surface area contributed by atoms with Crippen LogP contribution in [0.2, 0.25) is 0 Å². The Labute approximate surface area is 102 Å². The summed E-state index contributed by atoms with van der Waals surface area (Å²) >= 11 is 2.42. The summed E-state index contributed by atoms with van der Waals surface area (Å²) in [4.78, 5) is 15.4. The maximum Gasteiger partial charge on any atom is 0.461 e. The zero-order chi connectivity index (χ0) is 12.2. The minimum Gasteiger partial charge on any atom is -0.296 e. The second-order valence-electron chi connectivity index (χ2n) is 2.49. The van der Waals surface area contributed by atoms with Crippen molar-refractivity contribution in [3.63, 3.8) is 0 Å². The minimum atomic E-state index is -4.52. The van der Waals surface area contributed by atoms with Gasteiger partial charge in [-0.1, -0.05) is 16.9 Å². The third kappa shape index (κ3) is 5.21. The fourth-order valence-electron chi connectivity index (χ4n) is 0.673. The molecule has 0 spiro atoms. The first-order valence-electron chi connectivity index (χ1n) is 3.86. The number of carbonyl (C=O) groups is 1. The van der Waals surface area contributed by atoms with Gasteiger partial charge in [0.2, 0.25) is 0 Å². The SMILES string of the molecule is CN(SC(F)(F)F)C(=O)ON=C1CSCS1. The summed E-state index contributed by atoms with van der Waals surface area (Å²) in [6.07, 6.45) is -1.15. The van der Waals surface area contributed by atoms with Crippen molar-refractivity contribution in [2.24, 2.45) is 5.16 Å². The Morgan fingerprint density at radius 3 is 2.81 bits per heavy atom. The first-order chi connectivity index (χ1) is 7.38. The Morgan fingerprint density at radius 2 is 2.31 bits per heavy atom. The van der Waals surface area contributed by atoms with Gasteiger partial charge in [-0.05, 0) is 0 Å². The number of carbonyl (C=O) groups excluding carboxylic acids is 1. The van der Waals surface area contributed by atoms with Crippen LogP contribution in [-0.4, -0.2) is 38.8 Å². The van der Waals surface area contributed by atoms with E-state index in [1.807, 2.05) is 0 Å². The lowest BCUT2D eigenvalue weighted by Crippen LogP contribution is -2.23. The van der Waals surface area contributed by atoms with Crippen LogP contribution in [0.4, 0.5) is 18.0 Å². The van der Waals surface area contributed by atoms with Crippen molar-refractivity contribution in [3.8, 4) is 0 Å². The molecule has 1 rings (SSSR count). The number of hydrogen-bond acceptors (Lipinski definition) is 6. The molecule has 0 aromatic heterocycles. The Balaban J connectivity index is 2.37. The number of oxime groups is 1. The standard InChI is InChI=1S/C6H7F3N2O2S3/c1-11(16-6(7,8)9)5(12)13-10-4-2-14-3-15-4/h2-3H2,1H3. The number of hydrogen-bond donors (Lipinski definition) is 0. The monoisotopic (exact) mass is 292 g/mol. The van der Waals surface area contributed by atoms with E-state index in [1.54, 1.807) is 11.8 Å². The summed E-state index contributed by atoms with van der Waals surface area (Å²) in [5.74, 6) is 0.619. The normalized spacial score (nSPS) is 18.9. The molecule has 0 N–H and O–H groups in total. The maximum atomic E-state index is 11.9. The van der Waals surface area contributed by atoms with E-state index in [0.717, 1.165) is 12.1 Å². The third-order valence-electron chi connectivity index (χ3n) is 1.26. The molecule has 0 atom stereocenters. The van der Waals surface area contributed by atoms with Crippen LogP contribution < -0.4 is 0 Å². The molecule has 1 heterocycles. The lowest BCUT2D eigenvalue weighted by atomic mass is 10.9. The molecule has 0 radical (unpaired) electrons. The second kappa shape index (κ2) is 5.92. The summed E-state index contributed by atoms with van der Waals surface area (Å²) in [6, 6.07) is 0. The van der Waals surface area contributed by atoms with E-state index >= 15 is 0 Å². The number of alkyl halides is 3. The first-order valence-corrected chi connectivity index (χ1v) is 6.78. The molecule has 0 aromatic carbocycles. The van der Waals surface area contributed by atoms with E-state index in [1.165, 1.54) is 11.8 Å². The molecule has 1 fully saturated rings. The van der Waals surface area contributed by atoms with Crippen LogP contribution >= 0.6 is 35.5 Å². The van der Waals surface area contributed by atoms with Crippen molar-refractivity contribution in [2.45, 2.75) is 5.51 Å². The minimum absolute atomic E-state index is 0.344. The first kappa shape index (κ1) is 13.8. The summed E-state index contributed by atoms with van der Waals surface area (Å²) in [6.45, 7) is 0. The van der Waals surface area contributed by atoms with Crippen LogP contribution in [0, 0.1) is 0 Å². The van der Waals surface area contributed by atoms with E-state index < -0.39 is 23.5 Å². The van der Waals surface area contributed by atoms with Gasteiger partial charge in [0, 0.05) is 17.9 Å². The highest BCUT2D eigenvalue weighted by atomic mass is 32.2. The molecular formula is C6H7F3N2O2S3. The molecule has 1 aliphatic rings. The van der Waals surface area contributed by atoms with E-state index in [0.29, 0.717) is 15.1 Å². The highest BCUT2D eigenvalue weighted by Gasteiger charge is 2.34. The van der Waals surface area contributed by atoms with Gasteiger partial charge in [0.05, 0.1) is 11.9 Å². The summed E-state index contributed by atoms with van der Waals surface area (Å²) in [5, 5.41) is 4.87. The number of amides is 1. The Bertz CT molecular complexity index is 289. The Hall–Kier alpha value is -0.220. The molecule has 1 amide bonds. The van der Waals surface area contributed by atoms with Crippen LogP contribution in [0.5, 0.6) is 0 Å². The third-order valence-corrected chi connectivity index (χ3v) is 4.24. The maximum absolute atomic E-state index is 11.9. The zero-order valence-corrected chi connectivity index (χ0v) is 10.4. The molecule has 0 unspecified atom stereocenters. The summed E-state index contributed by atoms with van der Waals surface area (Å²) < 4.78 is 36.0. The molecule has 0 aromatic rings. The molecular weight excluding hydrogens is 285 g/mol. The fraction of sp³-hybridized carbons (Fsp3) is 0.667. The lowest BCUT2D eigenvalue weighted by Gasteiger charge is -2.14. The topological polar surface area (TPSA) is 41.9 Å². The van der Waals surface area contributed by atoms with Crippen LogP contribution in [0.1, 0.15) is 0 Å². The van der Waals surface area contributed by atoms with Gasteiger partial charge in [0.1, 0.15) is 5.04 Å². The molecule has 92 valence electrons. The van der Waals surface area contributed by atoms with Crippen molar-refractivity contribution < 1.29 is 22.8 Å². The largest absolute Gasteiger partial charge is 0.461 e. The highest BCUT2D eigenvalue weighted by Crippen LogP contribution is 2.32. The lowest BCUT2D eigenvalue weighted by molar-refractivity contribution is -0.0358. The van der Waals surface area contributed by atoms with Crippen molar-refractivity contribution in [3.05, 3.63) is 0 Å². The van der Waals surface area contributed by atoms with Gasteiger partial charge in [-0.2, -0.15) is 13.2 Å². The van der Waals surface area contributed by atoms with E-state index in [2.05, 4.69) is 9.99 Å². The van der Waals surface area contributed by atoms with Gasteiger partial charge >= 0.3 is 11.6 Å². The number of halogens is 3. The fourth-order valence-corrected chi connectivity index (χ4v) is 3.20. The van der Waals surface area contributed by atoms with Gasteiger partial charge in [0.25, 0.3) is 0 Å². The number of thioether (sulfide) groups is 2. The van der Waals surface area contributed by atoms with E-state index in [-0.39, 0.29) is 0 Å². The van der Waals surface area contributed by atoms with Crippen molar-refractivity contribution >= 4 is 46.6 Å². The average molecular weight is 292 g/mol. The van der Waals surface area contributed by atoms with Gasteiger partial charge in [-0.15, -0.1) is 11.8 Å². The zero-order valence-electron chi connectivity index (χ0n) is 7.98. The smallest absolute Gasteiger partial charge is 0.296 e. The van der Waals surface area contributed by atoms with Crippen LogP contribution in [-0.2, 0) is 4.84 Å². The van der Waals surface area contributed by atoms with Crippen LogP contribution in [0.25, 0.3) is 0 Å². The molecule has 16 heavy (non-hydrogen) atoms. The molecule has 4 nitrogen and oxygen atoms in total. The van der Waals surface area contributed by atoms with Gasteiger partial charge < -0.3 is 0 Å². The van der Waals surface area contributed by atoms with Gasteiger partial charge in [0.15, 0.2) is 0 Å². The van der Waals surface area contributed by atoms with Crippen molar-refractivity contribution in [1.29, 1.82) is 0 Å². The number of nitrogens with zero attached hydrogens (tertiary/aromatic N) is 2. The van der Waals surface area contributed by atoms with Crippen LogP contribution in [0.15, 0.2) is 5.16 Å². The van der Waals surface area contributed by atoms with Crippen molar-refractivity contribution in [2.75, 3.05) is 17.9 Å². The molecule has 0 aliphatic carbocycles. The quantitative estimate of drug-likeness (QED) is 0.444. The Morgan fingerprint density at radius 1 is 1.62 bits per heavy atom. The summed E-state index contributed by atoms with van der Waals surface area (Å²) in [5.41, 5.74) is -4.52. The second-order valence-corrected chi connectivity index (χ2v) is 6.08. The Kier molecular flexibility index (Phi) is 5.12. The predicted octanol–water partition coefficient (Wildman–Crippen LogP) is 2.97.